The molecule has 0 radical (unpaired) electrons. The molecule has 0 aliphatic carbocycles. The second kappa shape index (κ2) is 5.47. The van der Waals surface area contributed by atoms with Crippen LogP contribution in [0, 0.1) is 5.41 Å². The third-order valence-corrected chi connectivity index (χ3v) is 2.27. The molecule has 0 aromatic rings. The first kappa shape index (κ1) is 14.4. The van der Waals surface area contributed by atoms with Gasteiger partial charge < -0.3 is 15.8 Å². The van der Waals surface area contributed by atoms with Crippen LogP contribution >= 0.6 is 0 Å². The number of hydrogen-bond donors (Lipinski definition) is 2. The van der Waals surface area contributed by atoms with E-state index in [0.717, 1.165) is 0 Å². The Bertz CT molecular complexity index is 213. The highest BCUT2D eigenvalue weighted by atomic mass is 16.5. The highest BCUT2D eigenvalue weighted by molar-refractivity contribution is 5.76. The first-order chi connectivity index (χ1) is 6.72. The number of hydrogen-bond acceptors (Lipinski definition) is 3. The van der Waals surface area contributed by atoms with Gasteiger partial charge >= 0.3 is 0 Å². The first-order valence-corrected chi connectivity index (χ1v) is 5.27. The van der Waals surface area contributed by atoms with Gasteiger partial charge in [-0.1, -0.05) is 13.8 Å². The summed E-state index contributed by atoms with van der Waals surface area (Å²) in [5.41, 5.74) is 5.12. The van der Waals surface area contributed by atoms with Crippen molar-refractivity contribution in [3.8, 4) is 0 Å². The van der Waals surface area contributed by atoms with Crippen molar-refractivity contribution in [3.63, 3.8) is 0 Å². The summed E-state index contributed by atoms with van der Waals surface area (Å²) in [6.45, 7) is 9.05. The van der Waals surface area contributed by atoms with Gasteiger partial charge in [0.25, 0.3) is 0 Å². The molecule has 4 heteroatoms. The van der Waals surface area contributed by atoms with Crippen LogP contribution in [-0.4, -0.2) is 31.7 Å². The zero-order valence-corrected chi connectivity index (χ0v) is 10.5. The van der Waals surface area contributed by atoms with Crippen molar-refractivity contribution in [1.82, 2.24) is 5.32 Å². The van der Waals surface area contributed by atoms with Gasteiger partial charge in [0.05, 0.1) is 18.6 Å². The lowest BCUT2D eigenvalue weighted by Crippen LogP contribution is -2.38. The number of carbonyl (C=O) groups is 1. The van der Waals surface area contributed by atoms with Crippen LogP contribution in [0.15, 0.2) is 0 Å². The van der Waals surface area contributed by atoms with Crippen LogP contribution in [0.2, 0.25) is 0 Å². The normalized spacial score (nSPS) is 12.7. The van der Waals surface area contributed by atoms with Crippen molar-refractivity contribution in [1.29, 1.82) is 0 Å². The van der Waals surface area contributed by atoms with Gasteiger partial charge in [-0.2, -0.15) is 0 Å². The van der Waals surface area contributed by atoms with E-state index in [2.05, 4.69) is 5.32 Å². The molecule has 0 aromatic carbocycles. The summed E-state index contributed by atoms with van der Waals surface area (Å²) < 4.78 is 5.72. The number of ether oxygens (including phenoxy) is 1. The fourth-order valence-corrected chi connectivity index (χ4v) is 0.976. The molecule has 3 N–H and O–H groups in total. The van der Waals surface area contributed by atoms with Crippen LogP contribution in [0.1, 0.15) is 34.1 Å². The molecule has 0 spiro atoms. The van der Waals surface area contributed by atoms with Gasteiger partial charge in [0.15, 0.2) is 0 Å². The van der Waals surface area contributed by atoms with E-state index in [0.29, 0.717) is 19.6 Å². The quantitative estimate of drug-likeness (QED) is 0.693. The third kappa shape index (κ3) is 6.47. The maximum absolute atomic E-state index is 11.2. The van der Waals surface area contributed by atoms with E-state index < -0.39 is 5.60 Å². The van der Waals surface area contributed by atoms with Crippen LogP contribution < -0.4 is 11.1 Å². The van der Waals surface area contributed by atoms with Crippen LogP contribution in [0.3, 0.4) is 0 Å². The van der Waals surface area contributed by atoms with Crippen LogP contribution in [-0.2, 0) is 9.53 Å². The molecule has 1 amide bonds. The van der Waals surface area contributed by atoms with Gasteiger partial charge in [0, 0.05) is 12.5 Å². The molecule has 0 bridgehead atoms. The monoisotopic (exact) mass is 216 g/mol. The van der Waals surface area contributed by atoms with Gasteiger partial charge in [-0.3, -0.25) is 4.79 Å². The van der Waals surface area contributed by atoms with E-state index in [4.69, 9.17) is 10.5 Å². The van der Waals surface area contributed by atoms with Gasteiger partial charge in [-0.25, -0.2) is 0 Å². The Kier molecular flexibility index (Phi) is 5.24. The first-order valence-electron chi connectivity index (χ1n) is 5.27. The maximum Gasteiger partial charge on any atom is 0.222 e. The summed E-state index contributed by atoms with van der Waals surface area (Å²) in [6, 6.07) is 0. The van der Waals surface area contributed by atoms with Gasteiger partial charge in [0.2, 0.25) is 5.91 Å². The summed E-state index contributed by atoms with van der Waals surface area (Å²) in [4.78, 5) is 11.2. The summed E-state index contributed by atoms with van der Waals surface area (Å²) in [5, 5.41) is 2.59. The summed E-state index contributed by atoms with van der Waals surface area (Å²) in [5.74, 6) is -0.00875. The van der Waals surface area contributed by atoms with Gasteiger partial charge in [-0.05, 0) is 20.4 Å². The minimum atomic E-state index is -0.438. The number of nitrogens with two attached hydrogens (primary N) is 1. The Balaban J connectivity index is 4.09. The number of nitrogens with one attached hydrogen (secondary N) is 1. The van der Waals surface area contributed by atoms with E-state index in [1.54, 1.807) is 7.05 Å². The predicted octanol–water partition coefficient (Wildman–Crippen LogP) is 0.903. The van der Waals surface area contributed by atoms with E-state index in [9.17, 15) is 4.79 Å². The Morgan fingerprint density at radius 1 is 1.33 bits per heavy atom. The molecule has 0 fully saturated rings. The topological polar surface area (TPSA) is 64.3 Å². The minimum Gasteiger partial charge on any atom is -0.374 e. The lowest BCUT2D eigenvalue weighted by Gasteiger charge is -2.30. The molecule has 0 atom stereocenters. The fraction of sp³-hybridized carbons (Fsp3) is 0.909. The van der Waals surface area contributed by atoms with Crippen molar-refractivity contribution < 1.29 is 9.53 Å². The second-order valence-corrected chi connectivity index (χ2v) is 5.27. The average Bonchev–Trinajstić information content (AvgIpc) is 2.14. The van der Waals surface area contributed by atoms with Crippen LogP contribution in [0.25, 0.3) is 0 Å². The maximum atomic E-state index is 11.2. The Morgan fingerprint density at radius 3 is 2.27 bits per heavy atom. The smallest absolute Gasteiger partial charge is 0.222 e. The highest BCUT2D eigenvalue weighted by Gasteiger charge is 2.26. The van der Waals surface area contributed by atoms with E-state index in [-0.39, 0.29) is 11.3 Å². The zero-order chi connectivity index (χ0) is 12.1. The number of amides is 1. The Morgan fingerprint density at radius 2 is 1.87 bits per heavy atom. The van der Waals surface area contributed by atoms with Crippen LogP contribution in [0.5, 0.6) is 0 Å². The lowest BCUT2D eigenvalue weighted by molar-refractivity contribution is -0.128. The molecule has 4 nitrogen and oxygen atoms in total. The minimum absolute atomic E-state index is 0.00875. The number of carbonyl (C=O) groups excluding carboxylic acids is 1. The SMILES string of the molecule is CNC(=O)CC(C)(C)OCC(C)(C)CN. The second-order valence-electron chi connectivity index (χ2n) is 5.27. The van der Waals surface area contributed by atoms with Crippen molar-refractivity contribution >= 4 is 5.91 Å². The molecule has 0 rings (SSSR count). The zero-order valence-electron chi connectivity index (χ0n) is 10.5. The van der Waals surface area contributed by atoms with Crippen molar-refractivity contribution in [3.05, 3.63) is 0 Å². The van der Waals surface area contributed by atoms with Crippen LogP contribution in [0.4, 0.5) is 0 Å². The third-order valence-electron chi connectivity index (χ3n) is 2.27. The molecule has 0 aliphatic rings. The molecular formula is C11H24N2O2. The van der Waals surface area contributed by atoms with Crippen molar-refractivity contribution in [2.24, 2.45) is 11.1 Å². The molecule has 90 valence electrons. The van der Waals surface area contributed by atoms with E-state index in [1.807, 2.05) is 27.7 Å². The largest absolute Gasteiger partial charge is 0.374 e. The van der Waals surface area contributed by atoms with Crippen molar-refractivity contribution in [2.75, 3.05) is 20.2 Å². The predicted molar refractivity (Wildman–Crippen MR) is 61.6 cm³/mol. The highest BCUT2D eigenvalue weighted by Crippen LogP contribution is 2.20. The molecule has 0 aliphatic heterocycles. The summed E-state index contributed by atoms with van der Waals surface area (Å²) >= 11 is 0. The van der Waals surface area contributed by atoms with E-state index >= 15 is 0 Å². The molecule has 15 heavy (non-hydrogen) atoms. The van der Waals surface area contributed by atoms with Gasteiger partial charge in [0.1, 0.15) is 0 Å². The van der Waals surface area contributed by atoms with Crippen molar-refractivity contribution in [2.45, 2.75) is 39.7 Å². The molecule has 0 aromatic heterocycles. The standard InChI is InChI=1S/C11H24N2O2/c1-10(2,7-12)8-15-11(3,4)6-9(14)13-5/h6-8,12H2,1-5H3,(H,13,14). The molecule has 0 unspecified atom stereocenters. The van der Waals surface area contributed by atoms with Gasteiger partial charge in [-0.15, -0.1) is 0 Å². The molecule has 0 saturated heterocycles. The average molecular weight is 216 g/mol. The molecule has 0 heterocycles. The molecular weight excluding hydrogens is 192 g/mol. The van der Waals surface area contributed by atoms with E-state index in [1.165, 1.54) is 0 Å². The summed E-state index contributed by atoms with van der Waals surface area (Å²) in [6.07, 6.45) is 0.365. The number of rotatable bonds is 6. The lowest BCUT2D eigenvalue weighted by atomic mass is 9.94. The fourth-order valence-electron chi connectivity index (χ4n) is 0.976. The Hall–Kier alpha value is -0.610. The Labute approximate surface area is 92.6 Å². The molecule has 0 saturated carbocycles. The summed E-state index contributed by atoms with van der Waals surface area (Å²) in [7, 11) is 1.63.